The second-order valence-electron chi connectivity index (χ2n) is 9.39. The van der Waals surface area contributed by atoms with Gasteiger partial charge in [0.1, 0.15) is 18.3 Å². The molecule has 41 heavy (non-hydrogen) atoms. The first-order valence-electron chi connectivity index (χ1n) is 12.8. The van der Waals surface area contributed by atoms with Crippen molar-refractivity contribution in [2.75, 3.05) is 18.0 Å². The van der Waals surface area contributed by atoms with Gasteiger partial charge in [-0.25, -0.2) is 8.42 Å². The molecular formula is C29H32Cl3N3O5S. The van der Waals surface area contributed by atoms with Gasteiger partial charge in [-0.05, 0) is 68.3 Å². The molecule has 0 saturated heterocycles. The van der Waals surface area contributed by atoms with E-state index >= 15 is 0 Å². The summed E-state index contributed by atoms with van der Waals surface area (Å²) < 4.78 is 33.9. The number of hydrogen-bond acceptors (Lipinski definition) is 5. The van der Waals surface area contributed by atoms with E-state index in [1.807, 2.05) is 13.8 Å². The van der Waals surface area contributed by atoms with Crippen LogP contribution >= 0.6 is 34.8 Å². The second-order valence-corrected chi connectivity index (χ2v) is 12.5. The van der Waals surface area contributed by atoms with E-state index < -0.39 is 28.5 Å². The fourth-order valence-corrected chi connectivity index (χ4v) is 6.09. The van der Waals surface area contributed by atoms with Crippen LogP contribution in [0.15, 0.2) is 71.6 Å². The Morgan fingerprint density at radius 3 is 2.22 bits per heavy atom. The van der Waals surface area contributed by atoms with Crippen molar-refractivity contribution in [1.29, 1.82) is 0 Å². The monoisotopic (exact) mass is 639 g/mol. The quantitative estimate of drug-likeness (QED) is 0.255. The summed E-state index contributed by atoms with van der Waals surface area (Å²) in [6, 6.07) is 15.9. The Balaban J connectivity index is 2.07. The Kier molecular flexibility index (Phi) is 11.3. The Labute approximate surface area is 256 Å². The molecule has 0 radical (unpaired) electrons. The maximum Gasteiger partial charge on any atom is 0.264 e. The molecule has 0 aliphatic heterocycles. The highest BCUT2D eigenvalue weighted by molar-refractivity contribution is 7.92. The van der Waals surface area contributed by atoms with Crippen LogP contribution in [0.5, 0.6) is 5.75 Å². The molecule has 3 rings (SSSR count). The predicted octanol–water partition coefficient (Wildman–Crippen LogP) is 6.18. The highest BCUT2D eigenvalue weighted by Gasteiger charge is 2.33. The maximum absolute atomic E-state index is 14.0. The third-order valence-corrected chi connectivity index (χ3v) is 9.23. The summed E-state index contributed by atoms with van der Waals surface area (Å²) >= 11 is 18.8. The lowest BCUT2D eigenvalue weighted by atomic mass is 10.1. The summed E-state index contributed by atoms with van der Waals surface area (Å²) in [4.78, 5) is 28.4. The van der Waals surface area contributed by atoms with E-state index in [0.717, 1.165) is 4.31 Å². The van der Waals surface area contributed by atoms with E-state index in [9.17, 15) is 18.0 Å². The number of rotatable bonds is 12. The minimum absolute atomic E-state index is 0.0189. The average Bonchev–Trinajstić information content (AvgIpc) is 2.95. The van der Waals surface area contributed by atoms with Crippen LogP contribution in [0.25, 0.3) is 0 Å². The number of hydrogen-bond donors (Lipinski definition) is 1. The zero-order valence-corrected chi connectivity index (χ0v) is 26.2. The topological polar surface area (TPSA) is 96.0 Å². The molecule has 2 atom stereocenters. The molecule has 3 aromatic carbocycles. The molecule has 3 aromatic rings. The van der Waals surface area contributed by atoms with Crippen molar-refractivity contribution >= 4 is 62.3 Å². The minimum Gasteiger partial charge on any atom is -0.495 e. The van der Waals surface area contributed by atoms with Gasteiger partial charge in [0.05, 0.1) is 22.7 Å². The highest BCUT2D eigenvalue weighted by atomic mass is 35.5. The van der Waals surface area contributed by atoms with Crippen LogP contribution in [0.3, 0.4) is 0 Å². The fraction of sp³-hybridized carbons (Fsp3) is 0.310. The molecule has 12 heteroatoms. The molecule has 0 fully saturated rings. The molecular weight excluding hydrogens is 609 g/mol. The number of carbonyl (C=O) groups excluding carboxylic acids is 2. The highest BCUT2D eigenvalue weighted by Crippen LogP contribution is 2.32. The first-order valence-corrected chi connectivity index (χ1v) is 15.4. The summed E-state index contributed by atoms with van der Waals surface area (Å²) in [7, 11) is -2.79. The molecule has 0 unspecified atom stereocenters. The summed E-state index contributed by atoms with van der Waals surface area (Å²) in [5.74, 6) is -0.676. The van der Waals surface area contributed by atoms with Crippen molar-refractivity contribution in [3.05, 3.63) is 87.4 Å². The van der Waals surface area contributed by atoms with Crippen molar-refractivity contribution < 1.29 is 22.7 Å². The molecule has 8 nitrogen and oxygen atoms in total. The van der Waals surface area contributed by atoms with Gasteiger partial charge in [0, 0.05) is 22.6 Å². The van der Waals surface area contributed by atoms with E-state index in [4.69, 9.17) is 39.5 Å². The SMILES string of the molecule is CC[C@H](C)NC(=O)[C@@H](C)N(Cc1ccc(Cl)cc1Cl)C(=O)CN(c1ccc(OC)c(Cl)c1)S(=O)(=O)c1ccccc1. The van der Waals surface area contributed by atoms with Gasteiger partial charge in [-0.2, -0.15) is 0 Å². The number of nitrogens with one attached hydrogen (secondary N) is 1. The lowest BCUT2D eigenvalue weighted by Crippen LogP contribution is -2.52. The third kappa shape index (κ3) is 8.07. The van der Waals surface area contributed by atoms with Gasteiger partial charge in [0.15, 0.2) is 0 Å². The van der Waals surface area contributed by atoms with E-state index in [-0.39, 0.29) is 34.1 Å². The molecule has 0 saturated carbocycles. The Morgan fingerprint density at radius 1 is 0.951 bits per heavy atom. The standard InChI is InChI=1S/C29H32Cl3N3O5S/c1-5-19(2)33-29(37)20(3)34(17-21-11-12-22(30)15-25(21)31)28(36)18-35(23-13-14-27(40-4)26(32)16-23)41(38,39)24-9-7-6-8-10-24/h6-16,19-20H,5,17-18H2,1-4H3,(H,33,37)/t19-,20+/m0/s1. The number of nitrogens with zero attached hydrogens (tertiary/aromatic N) is 2. The van der Waals surface area contributed by atoms with Crippen molar-refractivity contribution in [1.82, 2.24) is 10.2 Å². The van der Waals surface area contributed by atoms with Crippen LogP contribution in [0.2, 0.25) is 15.1 Å². The first kappa shape index (κ1) is 32.5. The lowest BCUT2D eigenvalue weighted by molar-refractivity contribution is -0.139. The molecule has 2 amide bonds. The van der Waals surface area contributed by atoms with Gasteiger partial charge in [-0.3, -0.25) is 13.9 Å². The lowest BCUT2D eigenvalue weighted by Gasteiger charge is -2.32. The summed E-state index contributed by atoms with van der Waals surface area (Å²) in [6.07, 6.45) is 0.691. The summed E-state index contributed by atoms with van der Waals surface area (Å²) in [5.41, 5.74) is 0.687. The van der Waals surface area contributed by atoms with Crippen LogP contribution in [0.1, 0.15) is 32.8 Å². The van der Waals surface area contributed by atoms with E-state index in [0.29, 0.717) is 27.8 Å². The van der Waals surface area contributed by atoms with Gasteiger partial charge < -0.3 is 15.0 Å². The normalized spacial score (nSPS) is 12.8. The van der Waals surface area contributed by atoms with Crippen molar-refractivity contribution in [2.24, 2.45) is 0 Å². The number of halogens is 3. The van der Waals surface area contributed by atoms with Gasteiger partial charge in [0.2, 0.25) is 11.8 Å². The van der Waals surface area contributed by atoms with Crippen LogP contribution in [0, 0.1) is 0 Å². The van der Waals surface area contributed by atoms with E-state index in [2.05, 4.69) is 5.32 Å². The van der Waals surface area contributed by atoms with Gasteiger partial charge >= 0.3 is 0 Å². The number of anilines is 1. The Morgan fingerprint density at radius 2 is 1.63 bits per heavy atom. The number of carbonyl (C=O) groups is 2. The number of ether oxygens (including phenoxy) is 1. The average molecular weight is 641 g/mol. The van der Waals surface area contributed by atoms with Crippen LogP contribution in [0.4, 0.5) is 5.69 Å². The fourth-order valence-electron chi connectivity index (χ4n) is 3.94. The molecule has 0 aliphatic rings. The molecule has 220 valence electrons. The number of amides is 2. The van der Waals surface area contributed by atoms with Crippen LogP contribution in [-0.4, -0.2) is 50.9 Å². The summed E-state index contributed by atoms with van der Waals surface area (Å²) in [5, 5.41) is 3.77. The van der Waals surface area contributed by atoms with E-state index in [1.54, 1.807) is 37.3 Å². The smallest absolute Gasteiger partial charge is 0.264 e. The zero-order valence-electron chi connectivity index (χ0n) is 23.1. The molecule has 0 heterocycles. The molecule has 0 bridgehead atoms. The van der Waals surface area contributed by atoms with Gasteiger partial charge in [-0.1, -0.05) is 66.0 Å². The number of benzene rings is 3. The molecule has 1 N–H and O–H groups in total. The Bertz CT molecular complexity index is 1490. The van der Waals surface area contributed by atoms with Gasteiger partial charge in [-0.15, -0.1) is 0 Å². The third-order valence-electron chi connectivity index (χ3n) is 6.56. The van der Waals surface area contributed by atoms with Crippen LogP contribution < -0.4 is 14.4 Å². The minimum atomic E-state index is -4.23. The van der Waals surface area contributed by atoms with Crippen molar-refractivity contribution in [2.45, 2.75) is 50.7 Å². The largest absolute Gasteiger partial charge is 0.495 e. The zero-order chi connectivity index (χ0) is 30.3. The van der Waals surface area contributed by atoms with Gasteiger partial charge in [0.25, 0.3) is 10.0 Å². The Hall–Kier alpha value is -2.98. The second kappa shape index (κ2) is 14.3. The molecule has 0 aliphatic carbocycles. The first-order chi connectivity index (χ1) is 19.4. The summed E-state index contributed by atoms with van der Waals surface area (Å²) in [6.45, 7) is 4.69. The maximum atomic E-state index is 14.0. The molecule has 0 spiro atoms. The number of sulfonamides is 1. The van der Waals surface area contributed by atoms with Crippen molar-refractivity contribution in [3.8, 4) is 5.75 Å². The van der Waals surface area contributed by atoms with Crippen molar-refractivity contribution in [3.63, 3.8) is 0 Å². The predicted molar refractivity (Wildman–Crippen MR) is 163 cm³/mol. The van der Waals surface area contributed by atoms with E-state index in [1.165, 1.54) is 48.4 Å². The molecule has 0 aromatic heterocycles. The number of methoxy groups -OCH3 is 1. The van der Waals surface area contributed by atoms with Crippen LogP contribution in [-0.2, 0) is 26.2 Å².